The van der Waals surface area contributed by atoms with Crippen molar-refractivity contribution >= 4 is 34.9 Å². The summed E-state index contributed by atoms with van der Waals surface area (Å²) in [5.74, 6) is -1.25. The SMILES string of the molecule is COc1ccc(Cl)cc1NC(=O)COc1ccc(C(=O)OCC(=O)/C(C#N)=C(/C)N)cc1OC. The smallest absolute Gasteiger partial charge is 0.338 e. The monoisotopic (exact) mass is 487 g/mol. The minimum atomic E-state index is -0.823. The Hall–Kier alpha value is -4.23. The summed E-state index contributed by atoms with van der Waals surface area (Å²) in [4.78, 5) is 36.5. The number of carbonyl (C=O) groups is 3. The van der Waals surface area contributed by atoms with Gasteiger partial charge in [-0.1, -0.05) is 11.6 Å². The molecule has 0 aliphatic heterocycles. The topological polar surface area (TPSA) is 150 Å². The van der Waals surface area contributed by atoms with Crippen LogP contribution < -0.4 is 25.3 Å². The van der Waals surface area contributed by atoms with Gasteiger partial charge in [0.25, 0.3) is 5.91 Å². The number of methoxy groups -OCH3 is 2. The van der Waals surface area contributed by atoms with Gasteiger partial charge in [0, 0.05) is 10.7 Å². The Morgan fingerprint density at radius 2 is 1.71 bits per heavy atom. The highest BCUT2D eigenvalue weighted by molar-refractivity contribution is 6.31. The third kappa shape index (κ3) is 6.88. The van der Waals surface area contributed by atoms with E-state index in [0.717, 1.165) is 0 Å². The minimum absolute atomic E-state index is 0.0320. The Labute approximate surface area is 200 Å². The first-order chi connectivity index (χ1) is 16.2. The number of benzene rings is 2. The van der Waals surface area contributed by atoms with Crippen molar-refractivity contribution in [2.75, 3.05) is 32.8 Å². The number of carbonyl (C=O) groups excluding carboxylic acids is 3. The van der Waals surface area contributed by atoms with Crippen LogP contribution in [0.4, 0.5) is 5.69 Å². The molecular formula is C23H22ClN3O7. The summed E-state index contributed by atoms with van der Waals surface area (Å²) in [5, 5.41) is 12.0. The Kier molecular flexibility index (Phi) is 9.28. The zero-order valence-corrected chi connectivity index (χ0v) is 19.4. The standard InChI is InChI=1S/C23H22ClN3O7/c1-13(26)16(10-25)18(28)11-34-23(30)14-4-6-20(21(8-14)32-3)33-12-22(29)27-17-9-15(24)5-7-19(17)31-2/h4-9H,11-12,26H2,1-3H3,(H,27,29)/b16-13-. The fourth-order valence-corrected chi connectivity index (χ4v) is 2.85. The van der Waals surface area contributed by atoms with E-state index in [1.165, 1.54) is 45.4 Å². The number of nitrogens with two attached hydrogens (primary N) is 1. The van der Waals surface area contributed by atoms with Crippen LogP contribution in [0.1, 0.15) is 17.3 Å². The molecule has 1 amide bonds. The number of nitrogens with zero attached hydrogens (tertiary/aromatic N) is 1. The molecule has 2 aromatic carbocycles. The number of ketones is 1. The maximum absolute atomic E-state index is 12.3. The van der Waals surface area contributed by atoms with Gasteiger partial charge in [-0.05, 0) is 43.3 Å². The molecule has 0 atom stereocenters. The highest BCUT2D eigenvalue weighted by atomic mass is 35.5. The number of hydrogen-bond acceptors (Lipinski definition) is 9. The molecule has 2 rings (SSSR count). The maximum Gasteiger partial charge on any atom is 0.338 e. The van der Waals surface area contributed by atoms with Crippen molar-refractivity contribution in [3.63, 3.8) is 0 Å². The third-order valence-corrected chi connectivity index (χ3v) is 4.55. The van der Waals surface area contributed by atoms with E-state index in [9.17, 15) is 14.4 Å². The molecule has 0 saturated carbocycles. The molecule has 34 heavy (non-hydrogen) atoms. The highest BCUT2D eigenvalue weighted by Gasteiger charge is 2.18. The normalized spacial score (nSPS) is 10.9. The molecule has 0 aliphatic rings. The van der Waals surface area contributed by atoms with Crippen LogP contribution in [0.5, 0.6) is 17.2 Å². The summed E-state index contributed by atoms with van der Waals surface area (Å²) >= 11 is 5.95. The Balaban J connectivity index is 2.02. The second kappa shape index (κ2) is 12.1. The average molecular weight is 488 g/mol. The number of amides is 1. The lowest BCUT2D eigenvalue weighted by Gasteiger charge is -2.13. The molecule has 0 fully saturated rings. The van der Waals surface area contributed by atoms with Crippen LogP contribution in [0.25, 0.3) is 0 Å². The van der Waals surface area contributed by atoms with Gasteiger partial charge in [0.2, 0.25) is 5.78 Å². The van der Waals surface area contributed by atoms with Crippen molar-refractivity contribution in [1.29, 1.82) is 5.26 Å². The van der Waals surface area contributed by atoms with E-state index >= 15 is 0 Å². The number of ether oxygens (including phenoxy) is 4. The van der Waals surface area contributed by atoms with E-state index in [1.54, 1.807) is 18.2 Å². The molecule has 11 heteroatoms. The molecule has 0 aromatic heterocycles. The van der Waals surface area contributed by atoms with Crippen LogP contribution in [-0.4, -0.2) is 45.1 Å². The largest absolute Gasteiger partial charge is 0.495 e. The number of hydrogen-bond donors (Lipinski definition) is 2. The number of halogens is 1. The van der Waals surface area contributed by atoms with Gasteiger partial charge in [0.1, 0.15) is 17.4 Å². The van der Waals surface area contributed by atoms with Gasteiger partial charge in [-0.3, -0.25) is 9.59 Å². The quantitative estimate of drug-likeness (QED) is 0.293. The number of esters is 1. The van der Waals surface area contributed by atoms with E-state index < -0.39 is 24.3 Å². The minimum Gasteiger partial charge on any atom is -0.495 e. The van der Waals surface area contributed by atoms with Gasteiger partial charge < -0.3 is 30.0 Å². The molecule has 178 valence electrons. The second-order valence-electron chi connectivity index (χ2n) is 6.72. The number of Topliss-reactive ketones (excluding diaryl/α,β-unsaturated/α-hetero) is 1. The summed E-state index contributed by atoms with van der Waals surface area (Å²) < 4.78 is 20.8. The first-order valence-corrected chi connectivity index (χ1v) is 10.1. The molecule has 0 unspecified atom stereocenters. The van der Waals surface area contributed by atoms with Gasteiger partial charge in [-0.25, -0.2) is 4.79 Å². The number of nitrogens with one attached hydrogen (secondary N) is 1. The molecule has 10 nitrogen and oxygen atoms in total. The van der Waals surface area contributed by atoms with Gasteiger partial charge in [-0.2, -0.15) is 5.26 Å². The van der Waals surface area contributed by atoms with Crippen LogP contribution in [0.2, 0.25) is 5.02 Å². The van der Waals surface area contributed by atoms with Crippen molar-refractivity contribution in [3.8, 4) is 23.3 Å². The summed E-state index contributed by atoms with van der Waals surface area (Å²) in [6.07, 6.45) is 0. The predicted octanol–water partition coefficient (Wildman–Crippen LogP) is 2.86. The molecule has 2 aromatic rings. The lowest BCUT2D eigenvalue weighted by atomic mass is 10.1. The number of rotatable bonds is 10. The van der Waals surface area contributed by atoms with Crippen LogP contribution in [0, 0.1) is 11.3 Å². The van der Waals surface area contributed by atoms with Gasteiger partial charge >= 0.3 is 5.97 Å². The lowest BCUT2D eigenvalue weighted by molar-refractivity contribution is -0.118. The van der Waals surface area contributed by atoms with Crippen molar-refractivity contribution in [1.82, 2.24) is 0 Å². The van der Waals surface area contributed by atoms with Crippen LogP contribution in [0.15, 0.2) is 47.7 Å². The molecule has 0 bridgehead atoms. The van der Waals surface area contributed by atoms with Crippen molar-refractivity contribution in [2.24, 2.45) is 5.73 Å². The lowest BCUT2D eigenvalue weighted by Crippen LogP contribution is -2.21. The Morgan fingerprint density at radius 1 is 1.03 bits per heavy atom. The van der Waals surface area contributed by atoms with Crippen molar-refractivity contribution in [2.45, 2.75) is 6.92 Å². The zero-order valence-electron chi connectivity index (χ0n) is 18.6. The summed E-state index contributed by atoms with van der Waals surface area (Å²) in [6, 6.07) is 10.6. The van der Waals surface area contributed by atoms with Crippen LogP contribution >= 0.6 is 11.6 Å². The number of allylic oxidation sites excluding steroid dienone is 1. The molecule has 3 N–H and O–H groups in total. The molecule has 0 radical (unpaired) electrons. The van der Waals surface area contributed by atoms with Crippen LogP contribution in [0.3, 0.4) is 0 Å². The predicted molar refractivity (Wildman–Crippen MR) is 123 cm³/mol. The van der Waals surface area contributed by atoms with Crippen LogP contribution in [-0.2, 0) is 14.3 Å². The van der Waals surface area contributed by atoms with E-state index in [4.69, 9.17) is 41.5 Å². The Bertz CT molecular complexity index is 1170. The van der Waals surface area contributed by atoms with E-state index in [0.29, 0.717) is 16.5 Å². The van der Waals surface area contributed by atoms with E-state index in [2.05, 4.69) is 5.32 Å². The molecule has 0 saturated heterocycles. The fourth-order valence-electron chi connectivity index (χ4n) is 2.68. The van der Waals surface area contributed by atoms with E-state index in [-0.39, 0.29) is 34.9 Å². The maximum atomic E-state index is 12.3. The summed E-state index contributed by atoms with van der Waals surface area (Å²) in [7, 11) is 2.81. The Morgan fingerprint density at radius 3 is 2.32 bits per heavy atom. The molecule has 0 aliphatic carbocycles. The zero-order chi connectivity index (χ0) is 25.3. The third-order valence-electron chi connectivity index (χ3n) is 4.31. The second-order valence-corrected chi connectivity index (χ2v) is 7.15. The number of nitriles is 1. The molecule has 0 heterocycles. The number of anilines is 1. The van der Waals surface area contributed by atoms with Gasteiger partial charge in [-0.15, -0.1) is 0 Å². The van der Waals surface area contributed by atoms with Crippen molar-refractivity contribution < 1.29 is 33.3 Å². The van der Waals surface area contributed by atoms with E-state index in [1.807, 2.05) is 0 Å². The summed E-state index contributed by atoms with van der Waals surface area (Å²) in [6.45, 7) is 0.379. The molecule has 0 spiro atoms. The molecular weight excluding hydrogens is 466 g/mol. The van der Waals surface area contributed by atoms with Crippen molar-refractivity contribution in [3.05, 3.63) is 58.3 Å². The first-order valence-electron chi connectivity index (χ1n) is 9.71. The first kappa shape index (κ1) is 26.0. The summed E-state index contributed by atoms with van der Waals surface area (Å²) in [5.41, 5.74) is 5.66. The van der Waals surface area contributed by atoms with Gasteiger partial charge in [0.15, 0.2) is 24.7 Å². The average Bonchev–Trinajstić information content (AvgIpc) is 2.81. The van der Waals surface area contributed by atoms with Gasteiger partial charge in [0.05, 0.1) is 25.5 Å². The highest BCUT2D eigenvalue weighted by Crippen LogP contribution is 2.29. The fraction of sp³-hybridized carbons (Fsp3) is 0.217.